The van der Waals surface area contributed by atoms with Crippen LogP contribution >= 0.6 is 15.6 Å². The van der Waals surface area contributed by atoms with E-state index in [4.69, 9.17) is 37.0 Å². The molecule has 0 aromatic carbocycles. The number of phosphoric acid groups is 2. The Balaban J connectivity index is 5.15. The first-order valence-electron chi connectivity index (χ1n) is 39.7. The van der Waals surface area contributed by atoms with E-state index < -0.39 is 97.5 Å². The fourth-order valence-corrected chi connectivity index (χ4v) is 13.3. The molecule has 0 aliphatic carbocycles. The number of hydrogen-bond donors (Lipinski definition) is 3. The highest BCUT2D eigenvalue weighted by atomic mass is 31.2. The van der Waals surface area contributed by atoms with Crippen molar-refractivity contribution in [3.8, 4) is 0 Å². The smallest absolute Gasteiger partial charge is 0.462 e. The maximum Gasteiger partial charge on any atom is 0.472 e. The van der Waals surface area contributed by atoms with Crippen LogP contribution in [-0.2, 0) is 65.4 Å². The summed E-state index contributed by atoms with van der Waals surface area (Å²) < 4.78 is 68.4. The second kappa shape index (κ2) is 69.2. The van der Waals surface area contributed by atoms with Gasteiger partial charge < -0.3 is 33.8 Å². The van der Waals surface area contributed by atoms with Crippen LogP contribution in [0.4, 0.5) is 0 Å². The van der Waals surface area contributed by atoms with Crippen LogP contribution in [0.25, 0.3) is 0 Å². The number of phosphoric ester groups is 2. The molecule has 0 spiro atoms. The van der Waals surface area contributed by atoms with Gasteiger partial charge in [-0.3, -0.25) is 37.3 Å². The van der Waals surface area contributed by atoms with Crippen molar-refractivity contribution < 1.29 is 80.2 Å². The van der Waals surface area contributed by atoms with Crippen LogP contribution in [0, 0.1) is 5.92 Å². The molecule has 0 aliphatic rings. The van der Waals surface area contributed by atoms with Crippen LogP contribution in [0.15, 0.2) is 0 Å². The fraction of sp³-hybridized carbons (Fsp3) is 0.947. The van der Waals surface area contributed by atoms with Gasteiger partial charge in [-0.05, 0) is 31.6 Å². The first kappa shape index (κ1) is 93.1. The number of hydrogen-bond acceptors (Lipinski definition) is 15. The topological polar surface area (TPSA) is 237 Å². The van der Waals surface area contributed by atoms with Gasteiger partial charge in [0.05, 0.1) is 26.4 Å². The van der Waals surface area contributed by atoms with Gasteiger partial charge >= 0.3 is 39.5 Å². The van der Waals surface area contributed by atoms with Gasteiger partial charge in [-0.1, -0.05) is 349 Å². The van der Waals surface area contributed by atoms with E-state index in [1.54, 1.807) is 0 Å². The number of carbonyl (C=O) groups excluding carboxylic acids is 4. The van der Waals surface area contributed by atoms with Crippen LogP contribution in [0.2, 0.25) is 0 Å². The molecule has 95 heavy (non-hydrogen) atoms. The summed E-state index contributed by atoms with van der Waals surface area (Å²) in [5.74, 6) is -1.25. The molecule has 0 aromatic heterocycles. The van der Waals surface area contributed by atoms with Crippen molar-refractivity contribution in [3.63, 3.8) is 0 Å². The van der Waals surface area contributed by atoms with E-state index in [0.717, 1.165) is 102 Å². The number of esters is 4. The number of unbranched alkanes of at least 4 members (excludes halogenated alkanes) is 47. The molecular weight excluding hydrogens is 1250 g/mol. The molecule has 0 radical (unpaired) electrons. The molecule has 19 heteroatoms. The van der Waals surface area contributed by atoms with Crippen molar-refractivity contribution in [1.82, 2.24) is 0 Å². The Morgan fingerprint density at radius 1 is 0.295 bits per heavy atom. The second-order valence-electron chi connectivity index (χ2n) is 27.6. The fourth-order valence-electron chi connectivity index (χ4n) is 11.7. The average molecular weight is 1400 g/mol. The molecule has 0 saturated heterocycles. The predicted octanol–water partition coefficient (Wildman–Crippen LogP) is 22.5. The van der Waals surface area contributed by atoms with E-state index in [0.29, 0.717) is 25.7 Å². The number of rotatable bonds is 76. The van der Waals surface area contributed by atoms with Crippen molar-refractivity contribution in [1.29, 1.82) is 0 Å². The van der Waals surface area contributed by atoms with Crippen molar-refractivity contribution in [2.45, 2.75) is 419 Å². The van der Waals surface area contributed by atoms with Crippen LogP contribution in [-0.4, -0.2) is 96.7 Å². The third kappa shape index (κ3) is 69.0. The number of aliphatic hydroxyl groups is 1. The van der Waals surface area contributed by atoms with Gasteiger partial charge in [0.25, 0.3) is 0 Å². The lowest BCUT2D eigenvalue weighted by Gasteiger charge is -2.21. The Morgan fingerprint density at radius 3 is 0.747 bits per heavy atom. The van der Waals surface area contributed by atoms with Crippen molar-refractivity contribution in [3.05, 3.63) is 0 Å². The lowest BCUT2D eigenvalue weighted by molar-refractivity contribution is -0.161. The largest absolute Gasteiger partial charge is 0.472 e. The van der Waals surface area contributed by atoms with Crippen molar-refractivity contribution in [2.75, 3.05) is 39.6 Å². The Labute approximate surface area is 581 Å². The third-order valence-electron chi connectivity index (χ3n) is 18.1. The number of aliphatic hydroxyl groups excluding tert-OH is 1. The summed E-state index contributed by atoms with van der Waals surface area (Å²) in [6.45, 7) is 7.32. The minimum Gasteiger partial charge on any atom is -0.462 e. The summed E-state index contributed by atoms with van der Waals surface area (Å²) in [4.78, 5) is 72.6. The van der Waals surface area contributed by atoms with Gasteiger partial charge in [-0.2, -0.15) is 0 Å². The van der Waals surface area contributed by atoms with Gasteiger partial charge in [0, 0.05) is 25.7 Å². The minimum absolute atomic E-state index is 0.107. The van der Waals surface area contributed by atoms with Crippen LogP contribution < -0.4 is 0 Å². The molecule has 0 heterocycles. The van der Waals surface area contributed by atoms with Crippen LogP contribution in [0.3, 0.4) is 0 Å². The van der Waals surface area contributed by atoms with Gasteiger partial charge in [0.15, 0.2) is 12.2 Å². The van der Waals surface area contributed by atoms with Crippen molar-refractivity contribution in [2.24, 2.45) is 5.92 Å². The highest BCUT2D eigenvalue weighted by Crippen LogP contribution is 2.45. The van der Waals surface area contributed by atoms with E-state index >= 15 is 0 Å². The molecule has 0 aliphatic heterocycles. The van der Waals surface area contributed by atoms with E-state index in [1.807, 2.05) is 0 Å². The molecule has 0 rings (SSSR count). The summed E-state index contributed by atoms with van der Waals surface area (Å²) in [5, 5.41) is 10.6. The lowest BCUT2D eigenvalue weighted by Crippen LogP contribution is -2.30. The van der Waals surface area contributed by atoms with Gasteiger partial charge in [0.2, 0.25) is 0 Å². The SMILES string of the molecule is CCCCCCCCCCCCCCCCCC(=O)OC[C@H](COP(=O)(O)OC[C@@H](O)COP(=O)(O)OC[C@@H](COC(=O)CCCCCCCCCC)OC(=O)CCCCCCCCCCCC)OC(=O)CCCCCCCCCCCCCCCCCCCCC(C)CC. The molecule has 3 N–H and O–H groups in total. The zero-order valence-corrected chi connectivity index (χ0v) is 63.6. The Bertz CT molecular complexity index is 1820. The summed E-state index contributed by atoms with van der Waals surface area (Å²) in [6.07, 6.45) is 58.3. The molecule has 3 unspecified atom stereocenters. The highest BCUT2D eigenvalue weighted by Gasteiger charge is 2.30. The molecule has 0 saturated carbocycles. The molecule has 564 valence electrons. The van der Waals surface area contributed by atoms with E-state index in [9.17, 15) is 43.2 Å². The summed E-state index contributed by atoms with van der Waals surface area (Å²) in [5.41, 5.74) is 0. The quantitative estimate of drug-likeness (QED) is 0.0222. The first-order chi connectivity index (χ1) is 46.1. The van der Waals surface area contributed by atoms with E-state index in [1.165, 1.54) is 218 Å². The Hall–Kier alpha value is -1.94. The van der Waals surface area contributed by atoms with Crippen LogP contribution in [0.5, 0.6) is 0 Å². The minimum atomic E-state index is -4.96. The molecule has 0 fully saturated rings. The number of carbonyl (C=O) groups is 4. The van der Waals surface area contributed by atoms with E-state index in [2.05, 4.69) is 34.6 Å². The Kier molecular flexibility index (Phi) is 67.7. The van der Waals surface area contributed by atoms with Gasteiger partial charge in [0.1, 0.15) is 19.3 Å². The molecule has 0 aromatic rings. The standard InChI is InChI=1S/C76H148O17P2/c1-6-10-13-16-19-22-24-25-30-34-37-41-45-50-55-60-74(79)87-66-72(93-76(81)62-57-52-47-42-38-35-32-29-27-26-28-31-33-36-39-43-48-53-58-69(5)9-4)68-91-95(84,85)89-64-70(77)63-88-94(82,83)90-67-71(65-86-73(78)59-54-49-44-21-18-15-12-8-3)92-75(80)61-56-51-46-40-23-20-17-14-11-7-2/h69-72,77H,6-68H2,1-5H3,(H,82,83)(H,84,85)/t69?,70-,71+,72+/m0/s1. The Morgan fingerprint density at radius 2 is 0.505 bits per heavy atom. The molecule has 0 bridgehead atoms. The first-order valence-corrected chi connectivity index (χ1v) is 42.7. The maximum atomic E-state index is 13.1. The highest BCUT2D eigenvalue weighted by molar-refractivity contribution is 7.47. The normalized spacial score (nSPS) is 14.2. The van der Waals surface area contributed by atoms with Gasteiger partial charge in [-0.15, -0.1) is 0 Å². The number of ether oxygens (including phenoxy) is 4. The van der Waals surface area contributed by atoms with Crippen LogP contribution in [0.1, 0.15) is 401 Å². The molecule has 17 nitrogen and oxygen atoms in total. The zero-order valence-electron chi connectivity index (χ0n) is 61.8. The zero-order chi connectivity index (χ0) is 69.8. The maximum absolute atomic E-state index is 13.1. The molecule has 0 amide bonds. The molecular formula is C76H148O17P2. The lowest BCUT2D eigenvalue weighted by atomic mass is 9.99. The summed E-state index contributed by atoms with van der Waals surface area (Å²) in [6, 6.07) is 0. The van der Waals surface area contributed by atoms with Gasteiger partial charge in [-0.25, -0.2) is 9.13 Å². The summed E-state index contributed by atoms with van der Waals surface area (Å²) >= 11 is 0. The van der Waals surface area contributed by atoms with Crippen molar-refractivity contribution >= 4 is 39.5 Å². The summed E-state index contributed by atoms with van der Waals surface area (Å²) in [7, 11) is -9.90. The van der Waals surface area contributed by atoms with E-state index in [-0.39, 0.29) is 25.7 Å². The second-order valence-corrected chi connectivity index (χ2v) is 30.5. The predicted molar refractivity (Wildman–Crippen MR) is 386 cm³/mol. The third-order valence-corrected chi connectivity index (χ3v) is 20.0. The molecule has 6 atom stereocenters. The average Bonchev–Trinajstić information content (AvgIpc) is 3.26. The monoisotopic (exact) mass is 1400 g/mol.